The summed E-state index contributed by atoms with van der Waals surface area (Å²) in [5.74, 6) is -0.736. The van der Waals surface area contributed by atoms with E-state index in [9.17, 15) is 9.59 Å². The van der Waals surface area contributed by atoms with Crippen LogP contribution in [0, 0.1) is 0 Å². The van der Waals surface area contributed by atoms with Gasteiger partial charge < -0.3 is 9.26 Å². The molecule has 2 heterocycles. The number of ether oxygens (including phenoxy) is 1. The molecule has 0 aliphatic rings. The van der Waals surface area contributed by atoms with Crippen molar-refractivity contribution in [2.75, 3.05) is 7.11 Å². The normalized spacial score (nSPS) is 11.0. The van der Waals surface area contributed by atoms with E-state index in [4.69, 9.17) is 9.26 Å². The molecule has 0 aliphatic heterocycles. The standard InChI is InChI=1S/C18H12N2O4/c1-23-18(22)16-14-12-9-5-6-10-13(12)20(11-7-3-2-4-8-11)17(21)15(14)19-24-16/h2-10H,1H3. The number of benzene rings is 2. The van der Waals surface area contributed by atoms with E-state index < -0.39 is 5.97 Å². The Balaban J connectivity index is 2.22. The molecule has 0 aliphatic carbocycles. The quantitative estimate of drug-likeness (QED) is 0.531. The van der Waals surface area contributed by atoms with Crippen LogP contribution >= 0.6 is 0 Å². The summed E-state index contributed by atoms with van der Waals surface area (Å²) in [5.41, 5.74) is 1.12. The van der Waals surface area contributed by atoms with Crippen molar-refractivity contribution in [2.45, 2.75) is 0 Å². The molecule has 0 bridgehead atoms. The van der Waals surface area contributed by atoms with Crippen molar-refractivity contribution < 1.29 is 14.1 Å². The lowest BCUT2D eigenvalue weighted by Crippen LogP contribution is -2.19. The molecule has 0 N–H and O–H groups in total. The number of hydrogen-bond donors (Lipinski definition) is 0. The molecule has 0 saturated heterocycles. The molecule has 6 nitrogen and oxygen atoms in total. The fraction of sp³-hybridized carbons (Fsp3) is 0.0556. The molecule has 4 aromatic rings. The third kappa shape index (κ3) is 1.93. The van der Waals surface area contributed by atoms with E-state index in [2.05, 4.69) is 5.16 Å². The minimum atomic E-state index is -0.667. The first-order valence-corrected chi connectivity index (χ1v) is 7.29. The molecule has 24 heavy (non-hydrogen) atoms. The second-order valence-electron chi connectivity index (χ2n) is 5.22. The van der Waals surface area contributed by atoms with Crippen LogP contribution in [0.5, 0.6) is 0 Å². The van der Waals surface area contributed by atoms with Crippen LogP contribution < -0.4 is 5.56 Å². The number of fused-ring (bicyclic) bond motifs is 3. The van der Waals surface area contributed by atoms with Gasteiger partial charge in [-0.2, -0.15) is 0 Å². The lowest BCUT2D eigenvalue weighted by molar-refractivity contribution is 0.0558. The summed E-state index contributed by atoms with van der Waals surface area (Å²) in [7, 11) is 1.25. The van der Waals surface area contributed by atoms with Crippen molar-refractivity contribution in [1.29, 1.82) is 0 Å². The third-order valence-corrected chi connectivity index (χ3v) is 3.90. The molecular weight excluding hydrogens is 308 g/mol. The van der Waals surface area contributed by atoms with Gasteiger partial charge in [0.2, 0.25) is 0 Å². The first-order valence-electron chi connectivity index (χ1n) is 7.29. The van der Waals surface area contributed by atoms with Crippen molar-refractivity contribution in [1.82, 2.24) is 9.72 Å². The maximum absolute atomic E-state index is 13.0. The van der Waals surface area contributed by atoms with Crippen LogP contribution in [0.1, 0.15) is 10.6 Å². The number of aromatic nitrogens is 2. The summed E-state index contributed by atoms with van der Waals surface area (Å²) < 4.78 is 11.4. The van der Waals surface area contributed by atoms with Crippen LogP contribution in [-0.2, 0) is 4.74 Å². The summed E-state index contributed by atoms with van der Waals surface area (Å²) in [5, 5.41) is 4.88. The zero-order valence-corrected chi connectivity index (χ0v) is 12.7. The fourth-order valence-corrected chi connectivity index (χ4v) is 2.85. The first-order chi connectivity index (χ1) is 11.7. The highest BCUT2D eigenvalue weighted by Gasteiger charge is 2.23. The predicted molar refractivity (Wildman–Crippen MR) is 88.5 cm³/mol. The molecule has 2 aromatic heterocycles. The number of pyridine rings is 1. The number of esters is 1. The van der Waals surface area contributed by atoms with Crippen molar-refractivity contribution in [3.05, 3.63) is 70.7 Å². The van der Waals surface area contributed by atoms with Gasteiger partial charge in [-0.15, -0.1) is 0 Å². The van der Waals surface area contributed by atoms with E-state index in [1.807, 2.05) is 54.6 Å². The van der Waals surface area contributed by atoms with E-state index in [1.165, 1.54) is 7.11 Å². The minimum Gasteiger partial charge on any atom is -0.463 e. The van der Waals surface area contributed by atoms with E-state index in [0.717, 1.165) is 0 Å². The van der Waals surface area contributed by atoms with Crippen molar-refractivity contribution >= 4 is 27.8 Å². The van der Waals surface area contributed by atoms with Crippen LogP contribution in [-0.4, -0.2) is 22.8 Å². The summed E-state index contributed by atoms with van der Waals surface area (Å²) in [4.78, 5) is 24.9. The monoisotopic (exact) mass is 320 g/mol. The fourth-order valence-electron chi connectivity index (χ4n) is 2.85. The summed E-state index contributed by atoms with van der Waals surface area (Å²) in [6, 6.07) is 16.5. The van der Waals surface area contributed by atoms with E-state index in [0.29, 0.717) is 22.0 Å². The van der Waals surface area contributed by atoms with Gasteiger partial charge in [-0.3, -0.25) is 9.36 Å². The minimum absolute atomic E-state index is 0.0685. The molecule has 0 saturated carbocycles. The highest BCUT2D eigenvalue weighted by molar-refractivity contribution is 6.13. The Bertz CT molecular complexity index is 1130. The highest BCUT2D eigenvalue weighted by Crippen LogP contribution is 2.27. The highest BCUT2D eigenvalue weighted by atomic mass is 16.5. The molecule has 0 amide bonds. The van der Waals surface area contributed by atoms with Gasteiger partial charge in [0.05, 0.1) is 18.0 Å². The molecular formula is C18H12N2O4. The average molecular weight is 320 g/mol. The van der Waals surface area contributed by atoms with Gasteiger partial charge in [-0.1, -0.05) is 41.6 Å². The molecule has 0 fully saturated rings. The Morgan fingerprint density at radius 1 is 1.08 bits per heavy atom. The maximum Gasteiger partial charge on any atom is 0.377 e. The van der Waals surface area contributed by atoms with Gasteiger partial charge in [0.15, 0.2) is 5.52 Å². The molecule has 0 atom stereocenters. The second-order valence-corrected chi connectivity index (χ2v) is 5.22. The average Bonchev–Trinajstić information content (AvgIpc) is 3.08. The lowest BCUT2D eigenvalue weighted by Gasteiger charge is -2.10. The van der Waals surface area contributed by atoms with Crippen LogP contribution in [0.15, 0.2) is 63.9 Å². The van der Waals surface area contributed by atoms with Crippen molar-refractivity contribution in [2.24, 2.45) is 0 Å². The Morgan fingerprint density at radius 2 is 1.79 bits per heavy atom. The lowest BCUT2D eigenvalue weighted by atomic mass is 10.1. The molecule has 2 aromatic carbocycles. The Kier molecular flexibility index (Phi) is 3.16. The maximum atomic E-state index is 13.0. The van der Waals surface area contributed by atoms with Crippen molar-refractivity contribution in [3.8, 4) is 5.69 Å². The molecule has 0 radical (unpaired) electrons. The van der Waals surface area contributed by atoms with Gasteiger partial charge in [-0.05, 0) is 18.2 Å². The first kappa shape index (κ1) is 14.2. The van der Waals surface area contributed by atoms with Gasteiger partial charge in [-0.25, -0.2) is 4.79 Å². The number of para-hydroxylation sites is 2. The Hall–Kier alpha value is -3.41. The number of carbonyl (C=O) groups excluding carboxylic acids is 1. The van der Waals surface area contributed by atoms with Crippen molar-refractivity contribution in [3.63, 3.8) is 0 Å². The summed E-state index contributed by atoms with van der Waals surface area (Å²) >= 11 is 0. The van der Waals surface area contributed by atoms with E-state index >= 15 is 0 Å². The summed E-state index contributed by atoms with van der Waals surface area (Å²) in [6.07, 6.45) is 0. The van der Waals surface area contributed by atoms with Crippen LogP contribution in [0.4, 0.5) is 0 Å². The molecule has 4 rings (SSSR count). The SMILES string of the molecule is COC(=O)c1onc2c(=O)n(-c3ccccc3)c3ccccc3c12. The van der Waals surface area contributed by atoms with Gasteiger partial charge in [0.25, 0.3) is 11.3 Å². The second kappa shape index (κ2) is 5.34. The number of methoxy groups -OCH3 is 1. The Labute approximate surface area is 135 Å². The third-order valence-electron chi connectivity index (χ3n) is 3.90. The van der Waals surface area contributed by atoms with Gasteiger partial charge in [0.1, 0.15) is 0 Å². The number of hydrogen-bond acceptors (Lipinski definition) is 5. The molecule has 0 unspecified atom stereocenters. The Morgan fingerprint density at radius 3 is 2.54 bits per heavy atom. The molecule has 6 heteroatoms. The topological polar surface area (TPSA) is 74.3 Å². The largest absolute Gasteiger partial charge is 0.463 e. The number of nitrogens with zero attached hydrogens (tertiary/aromatic N) is 2. The van der Waals surface area contributed by atoms with Crippen LogP contribution in [0.2, 0.25) is 0 Å². The summed E-state index contributed by atoms with van der Waals surface area (Å²) in [6.45, 7) is 0. The van der Waals surface area contributed by atoms with Gasteiger partial charge >= 0.3 is 5.97 Å². The zero-order chi connectivity index (χ0) is 16.7. The number of rotatable bonds is 2. The van der Waals surface area contributed by atoms with E-state index in [1.54, 1.807) is 4.57 Å². The smallest absolute Gasteiger partial charge is 0.377 e. The van der Waals surface area contributed by atoms with Gasteiger partial charge in [0, 0.05) is 11.1 Å². The molecule has 118 valence electrons. The molecule has 0 spiro atoms. The predicted octanol–water partition coefficient (Wildman–Crippen LogP) is 2.92. The van der Waals surface area contributed by atoms with Crippen LogP contribution in [0.3, 0.4) is 0 Å². The zero-order valence-electron chi connectivity index (χ0n) is 12.7. The van der Waals surface area contributed by atoms with Crippen LogP contribution in [0.25, 0.3) is 27.5 Å². The number of carbonyl (C=O) groups is 1. The van der Waals surface area contributed by atoms with E-state index in [-0.39, 0.29) is 16.8 Å².